The Balaban J connectivity index is 1.91. The first-order valence-corrected chi connectivity index (χ1v) is 11.8. The van der Waals surface area contributed by atoms with Gasteiger partial charge in [-0.2, -0.15) is 13.2 Å². The highest BCUT2D eigenvalue weighted by Gasteiger charge is 2.33. The predicted octanol–water partition coefficient (Wildman–Crippen LogP) is 3.39. The van der Waals surface area contributed by atoms with Gasteiger partial charge in [-0.3, -0.25) is 13.9 Å². The summed E-state index contributed by atoms with van der Waals surface area (Å²) in [6.45, 7) is 6.06. The molecule has 0 spiro atoms. The first-order valence-electron chi connectivity index (χ1n) is 10.4. The Hall–Kier alpha value is -3.34. The summed E-state index contributed by atoms with van der Waals surface area (Å²) in [6, 6.07) is 9.37. The van der Waals surface area contributed by atoms with Gasteiger partial charge in [0.15, 0.2) is 0 Å². The summed E-state index contributed by atoms with van der Waals surface area (Å²) in [5, 5.41) is 0. The molecule has 0 unspecified atom stereocenters. The number of hydrogen-bond donors (Lipinski definition) is 0. The van der Waals surface area contributed by atoms with E-state index < -0.39 is 27.7 Å². The summed E-state index contributed by atoms with van der Waals surface area (Å²) >= 11 is 0. The van der Waals surface area contributed by atoms with Crippen molar-refractivity contribution in [1.29, 1.82) is 0 Å². The molecule has 2 aromatic carbocycles. The quantitative estimate of drug-likeness (QED) is 0.576. The molecule has 182 valence electrons. The van der Waals surface area contributed by atoms with E-state index in [1.54, 1.807) is 4.90 Å². The zero-order chi connectivity index (χ0) is 25.1. The second kappa shape index (κ2) is 9.88. The van der Waals surface area contributed by atoms with Crippen molar-refractivity contribution in [2.24, 2.45) is 0 Å². The Morgan fingerprint density at radius 3 is 2.24 bits per heavy atom. The molecule has 2 amide bonds. The van der Waals surface area contributed by atoms with Gasteiger partial charge < -0.3 is 9.80 Å². The summed E-state index contributed by atoms with van der Waals surface area (Å²) in [7, 11) is -4.31. The fraction of sp³-hybridized carbons (Fsp3) is 0.304. The Morgan fingerprint density at radius 2 is 1.65 bits per heavy atom. The monoisotopic (exact) mass is 495 g/mol. The van der Waals surface area contributed by atoms with Gasteiger partial charge in [-0.15, -0.1) is 6.58 Å². The molecule has 2 aromatic rings. The van der Waals surface area contributed by atoms with Crippen LogP contribution in [0.3, 0.4) is 0 Å². The molecule has 1 aliphatic heterocycles. The maximum absolute atomic E-state index is 13.4. The Labute approximate surface area is 196 Å². The molecule has 7 nitrogen and oxygen atoms in total. The smallest absolute Gasteiger partial charge is 0.339 e. The predicted molar refractivity (Wildman–Crippen MR) is 121 cm³/mol. The lowest BCUT2D eigenvalue weighted by Crippen LogP contribution is -2.50. The number of piperazine rings is 1. The maximum Gasteiger partial charge on any atom is 0.416 e. The average Bonchev–Trinajstić information content (AvgIpc) is 2.81. The first-order chi connectivity index (χ1) is 15.9. The molecule has 0 N–H and O–H groups in total. The Kier molecular flexibility index (Phi) is 7.35. The topological polar surface area (TPSA) is 78.0 Å². The van der Waals surface area contributed by atoms with Crippen LogP contribution in [0.15, 0.2) is 66.1 Å². The van der Waals surface area contributed by atoms with Crippen LogP contribution in [0.4, 0.5) is 18.9 Å². The molecule has 0 radical (unpaired) electrons. The van der Waals surface area contributed by atoms with Gasteiger partial charge in [-0.05, 0) is 36.4 Å². The van der Waals surface area contributed by atoms with Crippen LogP contribution < -0.4 is 4.31 Å². The normalized spacial score (nSPS) is 14.6. The molecule has 1 saturated heterocycles. The van der Waals surface area contributed by atoms with Crippen molar-refractivity contribution in [2.75, 3.05) is 37.0 Å². The van der Waals surface area contributed by atoms with E-state index in [-0.39, 0.29) is 28.6 Å². The van der Waals surface area contributed by atoms with Gasteiger partial charge in [-0.25, -0.2) is 8.42 Å². The van der Waals surface area contributed by atoms with E-state index in [0.29, 0.717) is 26.2 Å². The minimum atomic E-state index is -4.64. The van der Waals surface area contributed by atoms with Gasteiger partial charge in [0.1, 0.15) is 0 Å². The van der Waals surface area contributed by atoms with Crippen LogP contribution in [0, 0.1) is 0 Å². The zero-order valence-corrected chi connectivity index (χ0v) is 19.3. The van der Waals surface area contributed by atoms with Gasteiger partial charge in [-0.1, -0.05) is 18.2 Å². The standard InChI is InChI=1S/C23H24F3N3O4S/c1-3-10-29(20-8-5-7-19(16-20)23(24,25)26)34(32,33)21-9-4-6-18(15-21)22(31)28-13-11-27(12-14-28)17(2)30/h3-9,15-16H,1,10-14H2,2H3. The highest BCUT2D eigenvalue weighted by atomic mass is 32.2. The summed E-state index contributed by atoms with van der Waals surface area (Å²) in [4.78, 5) is 27.4. The number of rotatable bonds is 6. The molecule has 1 heterocycles. The minimum Gasteiger partial charge on any atom is -0.339 e. The molecule has 3 rings (SSSR count). The number of nitrogens with zero attached hydrogens (tertiary/aromatic N) is 3. The zero-order valence-electron chi connectivity index (χ0n) is 18.5. The van der Waals surface area contributed by atoms with Crippen LogP contribution in [0.25, 0.3) is 0 Å². The summed E-state index contributed by atoms with van der Waals surface area (Å²) in [5.74, 6) is -0.480. The molecule has 0 atom stereocenters. The molecule has 11 heteroatoms. The third-order valence-corrected chi connectivity index (χ3v) is 7.23. The second-order valence-corrected chi connectivity index (χ2v) is 9.56. The lowest BCUT2D eigenvalue weighted by atomic mass is 10.2. The highest BCUT2D eigenvalue weighted by molar-refractivity contribution is 7.92. The van der Waals surface area contributed by atoms with Crippen LogP contribution in [-0.2, 0) is 21.0 Å². The van der Waals surface area contributed by atoms with Gasteiger partial charge in [0.2, 0.25) is 5.91 Å². The van der Waals surface area contributed by atoms with E-state index in [1.165, 1.54) is 48.2 Å². The summed E-state index contributed by atoms with van der Waals surface area (Å²) in [5.41, 5.74) is -1.03. The number of benzene rings is 2. The van der Waals surface area contributed by atoms with Crippen LogP contribution in [0.2, 0.25) is 0 Å². The van der Waals surface area contributed by atoms with Crippen molar-refractivity contribution < 1.29 is 31.2 Å². The van der Waals surface area contributed by atoms with Crippen molar-refractivity contribution in [3.8, 4) is 0 Å². The number of sulfonamides is 1. The van der Waals surface area contributed by atoms with Crippen LogP contribution in [-0.4, -0.2) is 62.8 Å². The van der Waals surface area contributed by atoms with Gasteiger partial charge in [0, 0.05) is 38.7 Å². The molecule has 0 bridgehead atoms. The Bertz CT molecular complexity index is 1190. The number of hydrogen-bond acceptors (Lipinski definition) is 4. The van der Waals surface area contributed by atoms with Gasteiger partial charge in [0.05, 0.1) is 22.7 Å². The fourth-order valence-corrected chi connectivity index (χ4v) is 5.09. The molecule has 1 fully saturated rings. The number of halogens is 3. The number of carbonyl (C=O) groups is 2. The third-order valence-electron chi connectivity index (χ3n) is 5.44. The van der Waals surface area contributed by atoms with E-state index in [1.807, 2.05) is 0 Å². The second-order valence-electron chi connectivity index (χ2n) is 7.70. The molecular weight excluding hydrogens is 471 g/mol. The lowest BCUT2D eigenvalue weighted by Gasteiger charge is -2.34. The van der Waals surface area contributed by atoms with Crippen molar-refractivity contribution in [3.63, 3.8) is 0 Å². The SMILES string of the molecule is C=CCN(c1cccc(C(F)(F)F)c1)S(=O)(=O)c1cccc(C(=O)N2CCN(C(C)=O)CC2)c1. The average molecular weight is 496 g/mol. The number of alkyl halides is 3. The van der Waals surface area contributed by atoms with E-state index in [0.717, 1.165) is 22.5 Å². The minimum absolute atomic E-state index is 0.0860. The fourth-order valence-electron chi connectivity index (χ4n) is 3.62. The number of amides is 2. The van der Waals surface area contributed by atoms with E-state index in [4.69, 9.17) is 0 Å². The maximum atomic E-state index is 13.4. The van der Waals surface area contributed by atoms with Crippen LogP contribution in [0.1, 0.15) is 22.8 Å². The largest absolute Gasteiger partial charge is 0.416 e. The number of anilines is 1. The van der Waals surface area contributed by atoms with E-state index in [2.05, 4.69) is 6.58 Å². The lowest BCUT2D eigenvalue weighted by molar-refractivity contribution is -0.137. The highest BCUT2D eigenvalue weighted by Crippen LogP contribution is 2.33. The van der Waals surface area contributed by atoms with Crippen LogP contribution >= 0.6 is 0 Å². The van der Waals surface area contributed by atoms with Crippen molar-refractivity contribution >= 4 is 27.5 Å². The van der Waals surface area contributed by atoms with Crippen LogP contribution in [0.5, 0.6) is 0 Å². The van der Waals surface area contributed by atoms with Crippen molar-refractivity contribution in [3.05, 3.63) is 72.3 Å². The molecule has 1 aliphatic rings. The molecule has 34 heavy (non-hydrogen) atoms. The number of carbonyl (C=O) groups excluding carboxylic acids is 2. The van der Waals surface area contributed by atoms with Gasteiger partial charge in [0.25, 0.3) is 15.9 Å². The van der Waals surface area contributed by atoms with Gasteiger partial charge >= 0.3 is 6.18 Å². The molecule has 0 aromatic heterocycles. The van der Waals surface area contributed by atoms with Crippen molar-refractivity contribution in [1.82, 2.24) is 9.80 Å². The molecule has 0 aliphatic carbocycles. The third kappa shape index (κ3) is 5.41. The Morgan fingerprint density at radius 1 is 1.03 bits per heavy atom. The van der Waals surface area contributed by atoms with E-state index >= 15 is 0 Å². The molecular formula is C23H24F3N3O4S. The molecule has 0 saturated carbocycles. The van der Waals surface area contributed by atoms with E-state index in [9.17, 15) is 31.2 Å². The summed E-state index contributed by atoms with van der Waals surface area (Å²) in [6.07, 6.45) is -3.38. The summed E-state index contributed by atoms with van der Waals surface area (Å²) < 4.78 is 67.1. The first kappa shape index (κ1) is 25.3. The van der Waals surface area contributed by atoms with Crippen molar-refractivity contribution in [2.45, 2.75) is 18.0 Å².